The maximum absolute atomic E-state index is 12.3. The smallest absolute Gasteiger partial charge is 0.287 e. The lowest BCUT2D eigenvalue weighted by Gasteiger charge is -2.22. The molecule has 1 aromatic carbocycles. The zero-order valence-electron chi connectivity index (χ0n) is 11.8. The van der Waals surface area contributed by atoms with Gasteiger partial charge in [-0.3, -0.25) is 4.79 Å². The number of fused-ring (bicyclic) bond motifs is 2. The van der Waals surface area contributed by atoms with Gasteiger partial charge in [0.05, 0.1) is 0 Å². The number of hydrogen-bond acceptors (Lipinski definition) is 3. The van der Waals surface area contributed by atoms with Gasteiger partial charge in [0.2, 0.25) is 0 Å². The summed E-state index contributed by atoms with van der Waals surface area (Å²) in [7, 11) is 0. The monoisotopic (exact) mass is 282 g/mol. The first-order valence-corrected chi connectivity index (χ1v) is 7.48. The van der Waals surface area contributed by atoms with E-state index in [4.69, 9.17) is 4.42 Å². The second-order valence-corrected chi connectivity index (χ2v) is 5.92. The number of furan rings is 1. The van der Waals surface area contributed by atoms with E-state index in [1.54, 1.807) is 6.07 Å². The van der Waals surface area contributed by atoms with E-state index >= 15 is 0 Å². The summed E-state index contributed by atoms with van der Waals surface area (Å²) in [4.78, 5) is 14.7. The number of carbonyl (C=O) groups excluding carboxylic acids is 1. The predicted molar refractivity (Wildman–Crippen MR) is 79.9 cm³/mol. The first-order chi connectivity index (χ1) is 10.3. The molecule has 3 unspecified atom stereocenters. The van der Waals surface area contributed by atoms with E-state index in [-0.39, 0.29) is 11.9 Å². The van der Waals surface area contributed by atoms with Crippen LogP contribution in [0.4, 0.5) is 0 Å². The molecule has 0 radical (unpaired) electrons. The van der Waals surface area contributed by atoms with Crippen LogP contribution in [0.3, 0.4) is 0 Å². The lowest BCUT2D eigenvalue weighted by Crippen LogP contribution is -2.43. The van der Waals surface area contributed by atoms with Crippen molar-refractivity contribution < 1.29 is 9.21 Å². The van der Waals surface area contributed by atoms with Crippen molar-refractivity contribution in [3.63, 3.8) is 0 Å². The molecule has 1 N–H and O–H groups in total. The van der Waals surface area contributed by atoms with E-state index in [1.807, 2.05) is 36.4 Å². The minimum atomic E-state index is -0.101. The Morgan fingerprint density at radius 3 is 2.71 bits per heavy atom. The molecule has 2 bridgehead atoms. The molecule has 1 amide bonds. The number of hydrogen-bond donors (Lipinski definition) is 1. The maximum atomic E-state index is 12.3. The van der Waals surface area contributed by atoms with Gasteiger partial charge in [-0.25, -0.2) is 0 Å². The van der Waals surface area contributed by atoms with Crippen molar-refractivity contribution >= 4 is 5.91 Å². The van der Waals surface area contributed by atoms with Crippen molar-refractivity contribution in [1.82, 2.24) is 10.2 Å². The summed E-state index contributed by atoms with van der Waals surface area (Å²) in [6, 6.07) is 13.7. The van der Waals surface area contributed by atoms with Crippen LogP contribution in [-0.2, 0) is 0 Å². The molecule has 4 heteroatoms. The average Bonchev–Trinajstić information content (AvgIpc) is 3.24. The number of amides is 1. The van der Waals surface area contributed by atoms with Crippen LogP contribution < -0.4 is 5.32 Å². The Balaban J connectivity index is 1.47. The fraction of sp³-hybridized carbons (Fsp3) is 0.353. The molecule has 4 rings (SSSR count). The summed E-state index contributed by atoms with van der Waals surface area (Å²) in [5.41, 5.74) is 0.989. The zero-order valence-corrected chi connectivity index (χ0v) is 11.8. The Hall–Kier alpha value is -2.07. The van der Waals surface area contributed by atoms with Crippen molar-refractivity contribution in [3.05, 3.63) is 48.2 Å². The lowest BCUT2D eigenvalue weighted by molar-refractivity contribution is 0.0897. The minimum absolute atomic E-state index is 0.101. The third kappa shape index (κ3) is 2.36. The third-order valence-electron chi connectivity index (χ3n) is 4.54. The van der Waals surface area contributed by atoms with E-state index in [2.05, 4.69) is 10.2 Å². The molecule has 3 heterocycles. The fourth-order valence-electron chi connectivity index (χ4n) is 3.40. The predicted octanol–water partition coefficient (Wildman–Crippen LogP) is 2.38. The molecule has 0 spiro atoms. The first-order valence-electron chi connectivity index (χ1n) is 7.48. The van der Waals surface area contributed by atoms with Crippen LogP contribution in [0.1, 0.15) is 17.0 Å². The Bertz CT molecular complexity index is 650. The van der Waals surface area contributed by atoms with Crippen LogP contribution in [0.25, 0.3) is 11.3 Å². The fourth-order valence-corrected chi connectivity index (χ4v) is 3.40. The van der Waals surface area contributed by atoms with Gasteiger partial charge in [0, 0.05) is 24.7 Å². The molecule has 0 aliphatic carbocycles. The molecule has 1 aromatic heterocycles. The largest absolute Gasteiger partial charge is 0.451 e. The van der Waals surface area contributed by atoms with Gasteiger partial charge in [0.15, 0.2) is 5.76 Å². The Morgan fingerprint density at radius 1 is 1.14 bits per heavy atom. The molecule has 108 valence electrons. The lowest BCUT2D eigenvalue weighted by atomic mass is 10.00. The first kappa shape index (κ1) is 12.7. The molecule has 2 aliphatic heterocycles. The summed E-state index contributed by atoms with van der Waals surface area (Å²) in [6.45, 7) is 3.27. The molecule has 2 aliphatic rings. The summed E-state index contributed by atoms with van der Waals surface area (Å²) in [5, 5.41) is 3.12. The number of carbonyl (C=O) groups is 1. The molecule has 0 saturated carbocycles. The van der Waals surface area contributed by atoms with Crippen LogP contribution in [0.5, 0.6) is 0 Å². The van der Waals surface area contributed by atoms with E-state index in [0.29, 0.717) is 11.7 Å². The van der Waals surface area contributed by atoms with Crippen LogP contribution in [0.15, 0.2) is 46.9 Å². The van der Waals surface area contributed by atoms with Gasteiger partial charge in [0.1, 0.15) is 5.76 Å². The van der Waals surface area contributed by atoms with Gasteiger partial charge in [-0.15, -0.1) is 0 Å². The topological polar surface area (TPSA) is 45.5 Å². The van der Waals surface area contributed by atoms with Gasteiger partial charge in [-0.2, -0.15) is 0 Å². The number of benzene rings is 1. The van der Waals surface area contributed by atoms with E-state index < -0.39 is 0 Å². The summed E-state index contributed by atoms with van der Waals surface area (Å²) >= 11 is 0. The van der Waals surface area contributed by atoms with Crippen molar-refractivity contribution in [2.24, 2.45) is 5.92 Å². The summed E-state index contributed by atoms with van der Waals surface area (Å²) < 4.78 is 5.70. The van der Waals surface area contributed by atoms with Crippen molar-refractivity contribution in [1.29, 1.82) is 0 Å². The van der Waals surface area contributed by atoms with Crippen molar-refractivity contribution in [2.75, 3.05) is 19.6 Å². The number of nitrogens with one attached hydrogen (secondary N) is 1. The van der Waals surface area contributed by atoms with E-state index in [0.717, 1.165) is 24.4 Å². The molecule has 2 saturated heterocycles. The average molecular weight is 282 g/mol. The SMILES string of the molecule is O=C(NC1CN2CCC1C2)c1ccc(-c2ccccc2)o1. The van der Waals surface area contributed by atoms with E-state index in [1.165, 1.54) is 13.0 Å². The zero-order chi connectivity index (χ0) is 14.2. The standard InChI is InChI=1S/C17H18N2O2/c20-17(18-14-11-19-9-8-13(14)10-19)16-7-6-15(21-16)12-4-2-1-3-5-12/h1-7,13-14H,8-11H2,(H,18,20). The van der Waals surface area contributed by atoms with Crippen molar-refractivity contribution in [3.8, 4) is 11.3 Å². The second-order valence-electron chi connectivity index (χ2n) is 5.92. The Kier molecular flexibility index (Phi) is 3.04. The van der Waals surface area contributed by atoms with Crippen LogP contribution in [0.2, 0.25) is 0 Å². The normalized spacial score (nSPS) is 27.0. The second kappa shape index (κ2) is 5.04. The quantitative estimate of drug-likeness (QED) is 0.940. The molecule has 3 atom stereocenters. The molecule has 2 fully saturated rings. The summed E-state index contributed by atoms with van der Waals surface area (Å²) in [5.74, 6) is 1.64. The molecular formula is C17H18N2O2. The van der Waals surface area contributed by atoms with E-state index in [9.17, 15) is 4.79 Å². The van der Waals surface area contributed by atoms with Gasteiger partial charge in [-0.05, 0) is 31.0 Å². The Morgan fingerprint density at radius 2 is 2.00 bits per heavy atom. The van der Waals surface area contributed by atoms with Gasteiger partial charge < -0.3 is 14.6 Å². The maximum Gasteiger partial charge on any atom is 0.287 e. The molecule has 4 nitrogen and oxygen atoms in total. The Labute approximate surface area is 123 Å². The highest BCUT2D eigenvalue weighted by molar-refractivity contribution is 5.92. The number of piperidine rings is 1. The highest BCUT2D eigenvalue weighted by atomic mass is 16.3. The highest BCUT2D eigenvalue weighted by Gasteiger charge is 2.38. The molecular weight excluding hydrogens is 264 g/mol. The third-order valence-corrected chi connectivity index (χ3v) is 4.54. The molecule has 2 aromatic rings. The minimum Gasteiger partial charge on any atom is -0.451 e. The van der Waals surface area contributed by atoms with Crippen LogP contribution >= 0.6 is 0 Å². The number of rotatable bonds is 3. The summed E-state index contributed by atoms with van der Waals surface area (Å²) in [6.07, 6.45) is 1.19. The van der Waals surface area contributed by atoms with Gasteiger partial charge in [0.25, 0.3) is 5.91 Å². The van der Waals surface area contributed by atoms with Crippen LogP contribution in [-0.4, -0.2) is 36.5 Å². The number of nitrogens with zero attached hydrogens (tertiary/aromatic N) is 1. The highest BCUT2D eigenvalue weighted by Crippen LogP contribution is 2.28. The van der Waals surface area contributed by atoms with Crippen LogP contribution in [0, 0.1) is 5.92 Å². The van der Waals surface area contributed by atoms with Gasteiger partial charge in [-0.1, -0.05) is 30.3 Å². The van der Waals surface area contributed by atoms with Gasteiger partial charge >= 0.3 is 0 Å². The van der Waals surface area contributed by atoms with Crippen molar-refractivity contribution in [2.45, 2.75) is 12.5 Å². The molecule has 21 heavy (non-hydrogen) atoms.